The number of benzene rings is 1. The molecule has 4 aromatic rings. The molecule has 1 unspecified atom stereocenters. The molecule has 36 heavy (non-hydrogen) atoms. The van der Waals surface area contributed by atoms with E-state index in [1.807, 2.05) is 34.9 Å². The van der Waals surface area contributed by atoms with Gasteiger partial charge in [-0.3, -0.25) is 9.78 Å². The van der Waals surface area contributed by atoms with Crippen molar-refractivity contribution in [2.45, 2.75) is 58.4 Å². The lowest BCUT2D eigenvalue weighted by Gasteiger charge is -2.32. The van der Waals surface area contributed by atoms with Crippen molar-refractivity contribution in [3.8, 4) is 11.1 Å². The molecule has 0 aliphatic carbocycles. The summed E-state index contributed by atoms with van der Waals surface area (Å²) >= 11 is 0. The quantitative estimate of drug-likeness (QED) is 0.411. The van der Waals surface area contributed by atoms with Gasteiger partial charge < -0.3 is 25.1 Å². The van der Waals surface area contributed by atoms with E-state index in [2.05, 4.69) is 20.3 Å². The van der Waals surface area contributed by atoms with Crippen LogP contribution in [0.2, 0.25) is 0 Å². The number of rotatable bonds is 3. The van der Waals surface area contributed by atoms with Crippen LogP contribution in [-0.4, -0.2) is 43.2 Å². The molecular weight excluding hydrogens is 460 g/mol. The van der Waals surface area contributed by atoms with Gasteiger partial charge in [0.1, 0.15) is 29.5 Å². The molecule has 1 aliphatic rings. The van der Waals surface area contributed by atoms with Crippen molar-refractivity contribution in [1.82, 2.24) is 24.8 Å². The Morgan fingerprint density at radius 3 is 2.69 bits per heavy atom. The molecule has 0 saturated heterocycles. The summed E-state index contributed by atoms with van der Waals surface area (Å²) in [7, 11) is 0. The normalized spacial score (nSPS) is 17.6. The van der Waals surface area contributed by atoms with Crippen LogP contribution in [0, 0.1) is 0 Å². The molecule has 5 rings (SSSR count). The van der Waals surface area contributed by atoms with Gasteiger partial charge in [0.05, 0.1) is 22.6 Å². The fraction of sp³-hybridized carbons (Fsp3) is 0.346. The summed E-state index contributed by atoms with van der Waals surface area (Å²) in [6.07, 6.45) is 2.34. The number of nitrogens with two attached hydrogens (primary N) is 1. The number of aromatic nitrogens is 4. The molecule has 10 nitrogen and oxygen atoms in total. The molecule has 2 atom stereocenters. The van der Waals surface area contributed by atoms with E-state index < -0.39 is 23.8 Å². The summed E-state index contributed by atoms with van der Waals surface area (Å²) in [5.41, 5.74) is 9.50. The van der Waals surface area contributed by atoms with Gasteiger partial charge in [-0.2, -0.15) is 0 Å². The minimum absolute atomic E-state index is 0.309. The number of esters is 1. The predicted molar refractivity (Wildman–Crippen MR) is 135 cm³/mol. The molecule has 0 fully saturated rings. The number of nitrogen functional groups attached to an aromatic ring is 1. The summed E-state index contributed by atoms with van der Waals surface area (Å²) in [5.74, 6) is -0.125. The van der Waals surface area contributed by atoms with E-state index >= 15 is 0 Å². The van der Waals surface area contributed by atoms with Crippen LogP contribution in [-0.2, 0) is 20.8 Å². The van der Waals surface area contributed by atoms with E-state index in [9.17, 15) is 9.59 Å². The van der Waals surface area contributed by atoms with Gasteiger partial charge in [-0.1, -0.05) is 18.2 Å². The van der Waals surface area contributed by atoms with E-state index in [4.69, 9.17) is 15.2 Å². The van der Waals surface area contributed by atoms with Crippen LogP contribution in [0.4, 0.5) is 10.6 Å². The molecule has 3 N–H and O–H groups in total. The predicted octanol–water partition coefficient (Wildman–Crippen LogP) is 4.13. The van der Waals surface area contributed by atoms with Crippen LogP contribution in [0.5, 0.6) is 0 Å². The van der Waals surface area contributed by atoms with Crippen LogP contribution in [0.25, 0.3) is 33.1 Å². The van der Waals surface area contributed by atoms with Gasteiger partial charge in [0.25, 0.3) is 0 Å². The van der Waals surface area contributed by atoms with Crippen molar-refractivity contribution in [3.05, 3.63) is 48.5 Å². The number of alkyl carbamates (subject to hydrolysis) is 1. The Kier molecular flexibility index (Phi) is 5.74. The van der Waals surface area contributed by atoms with Crippen molar-refractivity contribution in [1.29, 1.82) is 0 Å². The zero-order valence-corrected chi connectivity index (χ0v) is 20.6. The average molecular weight is 489 g/mol. The lowest BCUT2D eigenvalue weighted by Crippen LogP contribution is -2.44. The summed E-state index contributed by atoms with van der Waals surface area (Å²) < 4.78 is 13.2. The number of para-hydroxylation sites is 1. The second-order valence-corrected chi connectivity index (χ2v) is 9.92. The van der Waals surface area contributed by atoms with Gasteiger partial charge in [0.2, 0.25) is 0 Å². The highest BCUT2D eigenvalue weighted by Crippen LogP contribution is 2.44. The lowest BCUT2D eigenvalue weighted by atomic mass is 9.95. The molecule has 3 aromatic heterocycles. The number of nitrogens with zero attached hydrogens (tertiary/aromatic N) is 4. The fourth-order valence-corrected chi connectivity index (χ4v) is 4.78. The van der Waals surface area contributed by atoms with Gasteiger partial charge in [0, 0.05) is 42.6 Å². The molecule has 10 heteroatoms. The minimum Gasteiger partial charge on any atom is -0.456 e. The van der Waals surface area contributed by atoms with E-state index in [1.165, 1.54) is 13.3 Å². The molecule has 1 aliphatic heterocycles. The van der Waals surface area contributed by atoms with Crippen LogP contribution >= 0.6 is 0 Å². The highest BCUT2D eigenvalue weighted by atomic mass is 16.6. The molecule has 0 spiro atoms. The smallest absolute Gasteiger partial charge is 0.407 e. The van der Waals surface area contributed by atoms with E-state index in [-0.39, 0.29) is 6.04 Å². The number of carbonyl (C=O) groups excluding carboxylic acids is 2. The van der Waals surface area contributed by atoms with Crippen molar-refractivity contribution >= 4 is 39.8 Å². The highest BCUT2D eigenvalue weighted by molar-refractivity contribution is 6.03. The second kappa shape index (κ2) is 8.78. The van der Waals surface area contributed by atoms with E-state index in [0.29, 0.717) is 29.8 Å². The summed E-state index contributed by atoms with van der Waals surface area (Å²) in [6.45, 7) is 7.16. The SMILES string of the molecule is CC(=O)OC1C[C@H](NC(=O)OC(C)(C)C)Cn2c1c(-c1cnc3ccccc3c1)c1c(N)ncnc12. The Hall–Kier alpha value is -4.21. The summed E-state index contributed by atoms with van der Waals surface area (Å²) in [5, 5.41) is 4.53. The van der Waals surface area contributed by atoms with Gasteiger partial charge in [0.15, 0.2) is 0 Å². The number of ether oxygens (including phenoxy) is 2. The Morgan fingerprint density at radius 1 is 1.17 bits per heavy atom. The Morgan fingerprint density at radius 2 is 1.94 bits per heavy atom. The summed E-state index contributed by atoms with van der Waals surface area (Å²) in [6, 6.07) is 9.48. The molecule has 0 bridgehead atoms. The van der Waals surface area contributed by atoms with Crippen molar-refractivity contribution in [2.24, 2.45) is 0 Å². The van der Waals surface area contributed by atoms with Gasteiger partial charge in [-0.05, 0) is 32.9 Å². The molecule has 1 aromatic carbocycles. The standard InChI is InChI=1S/C26H28N6O4/c1-14(33)35-19-10-17(31-25(34)36-26(2,3)4)12-32-22(19)20(21-23(27)29-13-30-24(21)32)16-9-15-7-5-6-8-18(15)28-11-16/h5-9,11,13,17,19H,10,12H2,1-4H3,(H,31,34)(H2,27,29,30)/t17-,19?/m0/s1. The zero-order valence-electron chi connectivity index (χ0n) is 20.6. The number of nitrogens with one attached hydrogen (secondary N) is 1. The number of anilines is 1. The van der Waals surface area contributed by atoms with Crippen LogP contribution in [0.15, 0.2) is 42.9 Å². The van der Waals surface area contributed by atoms with Gasteiger partial charge in [-0.25, -0.2) is 14.8 Å². The van der Waals surface area contributed by atoms with E-state index in [0.717, 1.165) is 27.7 Å². The molecule has 186 valence electrons. The van der Waals surface area contributed by atoms with Crippen LogP contribution in [0.1, 0.15) is 45.9 Å². The Bertz CT molecular complexity index is 1490. The number of pyridine rings is 1. The third kappa shape index (κ3) is 4.41. The Labute approximate surface area is 207 Å². The third-order valence-electron chi connectivity index (χ3n) is 6.02. The second-order valence-electron chi connectivity index (χ2n) is 9.92. The lowest BCUT2D eigenvalue weighted by molar-refractivity contribution is -0.148. The minimum atomic E-state index is -0.661. The third-order valence-corrected chi connectivity index (χ3v) is 6.02. The number of hydrogen-bond acceptors (Lipinski definition) is 8. The van der Waals surface area contributed by atoms with Crippen molar-refractivity contribution < 1.29 is 19.1 Å². The molecular formula is C26H28N6O4. The molecule has 1 amide bonds. The number of carbonyl (C=O) groups is 2. The molecule has 4 heterocycles. The first-order valence-electron chi connectivity index (χ1n) is 11.7. The van der Waals surface area contributed by atoms with Crippen molar-refractivity contribution in [2.75, 3.05) is 5.73 Å². The monoisotopic (exact) mass is 488 g/mol. The number of amides is 1. The highest BCUT2D eigenvalue weighted by Gasteiger charge is 2.37. The maximum Gasteiger partial charge on any atom is 0.407 e. The van der Waals surface area contributed by atoms with Gasteiger partial charge >= 0.3 is 12.1 Å². The van der Waals surface area contributed by atoms with E-state index in [1.54, 1.807) is 27.0 Å². The fourth-order valence-electron chi connectivity index (χ4n) is 4.78. The Balaban J connectivity index is 1.67. The van der Waals surface area contributed by atoms with Gasteiger partial charge in [-0.15, -0.1) is 0 Å². The first-order chi connectivity index (χ1) is 17.1. The largest absolute Gasteiger partial charge is 0.456 e. The van der Waals surface area contributed by atoms with Crippen molar-refractivity contribution in [3.63, 3.8) is 0 Å². The maximum absolute atomic E-state index is 12.5. The first-order valence-corrected chi connectivity index (χ1v) is 11.7. The number of fused-ring (bicyclic) bond motifs is 4. The average Bonchev–Trinajstić information content (AvgIpc) is 3.13. The zero-order chi connectivity index (χ0) is 25.6. The van der Waals surface area contributed by atoms with Crippen LogP contribution < -0.4 is 11.1 Å². The molecule has 0 saturated carbocycles. The maximum atomic E-state index is 12.5. The topological polar surface area (TPSA) is 134 Å². The number of hydrogen-bond donors (Lipinski definition) is 2. The molecule has 0 radical (unpaired) electrons. The first kappa shape index (κ1) is 23.5. The summed E-state index contributed by atoms with van der Waals surface area (Å²) in [4.78, 5) is 38.0. The van der Waals surface area contributed by atoms with Crippen LogP contribution in [0.3, 0.4) is 0 Å².